The van der Waals surface area contributed by atoms with Crippen molar-refractivity contribution in [2.24, 2.45) is 0 Å². The van der Waals surface area contributed by atoms with Gasteiger partial charge in [-0.05, 0) is 56.3 Å². The molecule has 3 aromatic heterocycles. The Balaban J connectivity index is 1.82. The zero-order chi connectivity index (χ0) is 20.2. The van der Waals surface area contributed by atoms with E-state index in [-0.39, 0.29) is 12.1 Å². The molecule has 0 radical (unpaired) electrons. The molecule has 3 heterocycles. The number of hydrogen-bond donors (Lipinski definition) is 2. The Morgan fingerprint density at radius 3 is 2.00 bits per heavy atom. The maximum Gasteiger partial charge on any atom is 0.319 e. The van der Waals surface area contributed by atoms with E-state index in [4.69, 9.17) is 9.97 Å². The summed E-state index contributed by atoms with van der Waals surface area (Å²) < 4.78 is 0. The van der Waals surface area contributed by atoms with Crippen molar-refractivity contribution in [2.45, 2.75) is 19.9 Å². The van der Waals surface area contributed by atoms with Gasteiger partial charge >= 0.3 is 6.03 Å². The van der Waals surface area contributed by atoms with Crippen LogP contribution in [0.5, 0.6) is 0 Å². The lowest BCUT2D eigenvalue weighted by Gasteiger charge is -2.12. The molecule has 0 aliphatic heterocycles. The molecular formula is C22H20N6O. The van der Waals surface area contributed by atoms with E-state index < -0.39 is 0 Å². The van der Waals surface area contributed by atoms with Crippen molar-refractivity contribution in [3.8, 4) is 22.8 Å². The Morgan fingerprint density at radius 1 is 0.828 bits per heavy atom. The number of pyridine rings is 2. The largest absolute Gasteiger partial charge is 0.336 e. The molecule has 1 aromatic carbocycles. The van der Waals surface area contributed by atoms with Crippen molar-refractivity contribution in [3.05, 3.63) is 67.0 Å². The number of benzene rings is 1. The number of carbonyl (C=O) groups excluding carboxylic acids is 1. The fourth-order valence-electron chi connectivity index (χ4n) is 2.92. The molecule has 29 heavy (non-hydrogen) atoms. The minimum Gasteiger partial charge on any atom is -0.336 e. The second-order valence-electron chi connectivity index (χ2n) is 6.81. The van der Waals surface area contributed by atoms with Gasteiger partial charge in [0.15, 0.2) is 0 Å². The van der Waals surface area contributed by atoms with E-state index in [1.54, 1.807) is 24.5 Å². The summed E-state index contributed by atoms with van der Waals surface area (Å²) >= 11 is 0. The quantitative estimate of drug-likeness (QED) is 0.548. The molecule has 0 saturated heterocycles. The molecule has 7 heteroatoms. The van der Waals surface area contributed by atoms with Crippen molar-refractivity contribution in [1.82, 2.24) is 25.3 Å². The average Bonchev–Trinajstić information content (AvgIpc) is 2.73. The molecular weight excluding hydrogens is 364 g/mol. The molecule has 0 saturated carbocycles. The third kappa shape index (κ3) is 4.19. The number of fused-ring (bicyclic) bond motifs is 1. The monoisotopic (exact) mass is 384 g/mol. The molecule has 2 N–H and O–H groups in total. The maximum absolute atomic E-state index is 12.0. The van der Waals surface area contributed by atoms with Gasteiger partial charge in [0.05, 0.1) is 22.4 Å². The molecule has 7 nitrogen and oxygen atoms in total. The fourth-order valence-corrected chi connectivity index (χ4v) is 2.92. The van der Waals surface area contributed by atoms with Crippen LogP contribution in [0.2, 0.25) is 0 Å². The summed E-state index contributed by atoms with van der Waals surface area (Å²) in [7, 11) is 0. The molecule has 4 aromatic rings. The summed E-state index contributed by atoms with van der Waals surface area (Å²) in [5.74, 6) is 0. The molecule has 4 rings (SSSR count). The predicted molar refractivity (Wildman–Crippen MR) is 113 cm³/mol. The van der Waals surface area contributed by atoms with Gasteiger partial charge in [-0.1, -0.05) is 12.1 Å². The molecule has 0 fully saturated rings. The van der Waals surface area contributed by atoms with Crippen LogP contribution in [-0.2, 0) is 0 Å². The van der Waals surface area contributed by atoms with Gasteiger partial charge < -0.3 is 10.6 Å². The summed E-state index contributed by atoms with van der Waals surface area (Å²) in [6.07, 6.45) is 3.45. The first-order valence-corrected chi connectivity index (χ1v) is 9.32. The van der Waals surface area contributed by atoms with Crippen LogP contribution >= 0.6 is 0 Å². The van der Waals surface area contributed by atoms with Crippen molar-refractivity contribution in [1.29, 1.82) is 0 Å². The van der Waals surface area contributed by atoms with Crippen LogP contribution in [0.25, 0.3) is 33.8 Å². The fraction of sp³-hybridized carbons (Fsp3) is 0.136. The van der Waals surface area contributed by atoms with Crippen LogP contribution in [0.3, 0.4) is 0 Å². The van der Waals surface area contributed by atoms with E-state index in [1.807, 2.05) is 56.3 Å². The highest BCUT2D eigenvalue weighted by molar-refractivity contribution is 5.93. The Hall–Kier alpha value is -3.87. The molecule has 0 spiro atoms. The average molecular weight is 384 g/mol. The number of anilines is 1. The lowest BCUT2D eigenvalue weighted by atomic mass is 10.1. The zero-order valence-electron chi connectivity index (χ0n) is 16.1. The predicted octanol–water partition coefficient (Wildman–Crippen LogP) is 4.28. The maximum atomic E-state index is 12.0. The van der Waals surface area contributed by atoms with Crippen LogP contribution in [0, 0.1) is 0 Å². The first-order valence-electron chi connectivity index (χ1n) is 9.32. The summed E-state index contributed by atoms with van der Waals surface area (Å²) in [6.45, 7) is 3.81. The topological polar surface area (TPSA) is 92.7 Å². The second-order valence-corrected chi connectivity index (χ2v) is 6.81. The van der Waals surface area contributed by atoms with Crippen molar-refractivity contribution in [3.63, 3.8) is 0 Å². The van der Waals surface area contributed by atoms with Crippen LogP contribution in [0.1, 0.15) is 13.8 Å². The Bertz CT molecular complexity index is 1150. The Labute approximate surface area is 168 Å². The van der Waals surface area contributed by atoms with Gasteiger partial charge in [0.2, 0.25) is 0 Å². The van der Waals surface area contributed by atoms with E-state index in [0.717, 1.165) is 5.69 Å². The van der Waals surface area contributed by atoms with Crippen molar-refractivity contribution >= 4 is 22.8 Å². The highest BCUT2D eigenvalue weighted by atomic mass is 16.2. The second kappa shape index (κ2) is 8.02. The number of rotatable bonds is 4. The van der Waals surface area contributed by atoms with Gasteiger partial charge in [-0.25, -0.2) is 14.8 Å². The number of urea groups is 1. The summed E-state index contributed by atoms with van der Waals surface area (Å²) in [5.41, 5.74) is 4.74. The molecule has 0 atom stereocenters. The van der Waals surface area contributed by atoms with Crippen LogP contribution in [0.15, 0.2) is 67.0 Å². The molecule has 144 valence electrons. The number of amides is 2. The SMILES string of the molecule is CC(C)NC(=O)Nc1ccc2nc(-c3ccccn3)c(-c3ccccn3)nc2c1. The van der Waals surface area contributed by atoms with Crippen molar-refractivity contribution in [2.75, 3.05) is 5.32 Å². The molecule has 0 aliphatic rings. The normalized spacial score (nSPS) is 10.9. The summed E-state index contributed by atoms with van der Waals surface area (Å²) in [4.78, 5) is 30.5. The van der Waals surface area contributed by atoms with Gasteiger partial charge in [0.25, 0.3) is 0 Å². The third-order valence-corrected chi connectivity index (χ3v) is 4.16. The van der Waals surface area contributed by atoms with Crippen LogP contribution in [-0.4, -0.2) is 32.0 Å². The highest BCUT2D eigenvalue weighted by Gasteiger charge is 2.15. The number of hydrogen-bond acceptors (Lipinski definition) is 5. The van der Waals surface area contributed by atoms with Gasteiger partial charge in [0, 0.05) is 24.1 Å². The van der Waals surface area contributed by atoms with E-state index in [2.05, 4.69) is 20.6 Å². The number of nitrogens with zero attached hydrogens (tertiary/aromatic N) is 4. The lowest BCUT2D eigenvalue weighted by Crippen LogP contribution is -2.34. The van der Waals surface area contributed by atoms with E-state index in [9.17, 15) is 4.79 Å². The Morgan fingerprint density at radius 2 is 1.45 bits per heavy atom. The highest BCUT2D eigenvalue weighted by Crippen LogP contribution is 2.29. The minimum absolute atomic E-state index is 0.0481. The first-order chi connectivity index (χ1) is 14.1. The van der Waals surface area contributed by atoms with Crippen LogP contribution < -0.4 is 10.6 Å². The van der Waals surface area contributed by atoms with Crippen molar-refractivity contribution < 1.29 is 4.79 Å². The third-order valence-electron chi connectivity index (χ3n) is 4.16. The molecule has 0 bridgehead atoms. The van der Waals surface area contributed by atoms with Gasteiger partial charge in [-0.3, -0.25) is 9.97 Å². The van der Waals surface area contributed by atoms with Gasteiger partial charge in [-0.2, -0.15) is 0 Å². The zero-order valence-corrected chi connectivity index (χ0v) is 16.1. The van der Waals surface area contributed by atoms with E-state index in [1.165, 1.54) is 0 Å². The van der Waals surface area contributed by atoms with E-state index >= 15 is 0 Å². The first kappa shape index (κ1) is 18.5. The van der Waals surface area contributed by atoms with Crippen LogP contribution in [0.4, 0.5) is 10.5 Å². The van der Waals surface area contributed by atoms with Gasteiger partial charge in [-0.15, -0.1) is 0 Å². The smallest absolute Gasteiger partial charge is 0.319 e. The number of carbonyl (C=O) groups is 1. The standard InChI is InChI=1S/C22H20N6O/c1-14(2)25-22(29)26-15-9-10-16-19(13-15)28-21(18-8-4-6-12-24-18)20(27-16)17-7-3-5-11-23-17/h3-14H,1-2H3,(H2,25,26,29). The van der Waals surface area contributed by atoms with E-state index in [0.29, 0.717) is 33.8 Å². The molecule has 2 amide bonds. The van der Waals surface area contributed by atoms with Gasteiger partial charge in [0.1, 0.15) is 11.4 Å². The Kier molecular flexibility index (Phi) is 5.11. The number of aromatic nitrogens is 4. The lowest BCUT2D eigenvalue weighted by molar-refractivity contribution is 0.250. The number of nitrogens with one attached hydrogen (secondary N) is 2. The summed E-state index contributed by atoms with van der Waals surface area (Å²) in [6, 6.07) is 16.6. The molecule has 0 aliphatic carbocycles. The molecule has 0 unspecified atom stereocenters. The summed E-state index contributed by atoms with van der Waals surface area (Å²) in [5, 5.41) is 5.63. The minimum atomic E-state index is -0.262.